The summed E-state index contributed by atoms with van der Waals surface area (Å²) in [6.07, 6.45) is 0.764. The maximum atomic E-state index is 12.1. The first-order valence-corrected chi connectivity index (χ1v) is 6.21. The molecule has 0 heterocycles. The number of hydrogen-bond acceptors (Lipinski definition) is 4. The van der Waals surface area contributed by atoms with Crippen molar-refractivity contribution in [1.82, 2.24) is 4.90 Å². The number of aliphatic hydroxyl groups is 1. The van der Waals surface area contributed by atoms with Crippen molar-refractivity contribution < 1.29 is 14.8 Å². The van der Waals surface area contributed by atoms with Crippen LogP contribution in [0.25, 0.3) is 0 Å². The molecular formula is C13H18N2O4. The van der Waals surface area contributed by atoms with E-state index >= 15 is 0 Å². The molecule has 0 saturated heterocycles. The van der Waals surface area contributed by atoms with E-state index in [2.05, 4.69) is 0 Å². The molecule has 1 N–H and O–H groups in total. The van der Waals surface area contributed by atoms with Gasteiger partial charge in [0.2, 0.25) is 5.91 Å². The minimum Gasteiger partial charge on any atom is -0.395 e. The maximum Gasteiger partial charge on any atom is 0.273 e. The predicted molar refractivity (Wildman–Crippen MR) is 70.8 cm³/mol. The molecule has 0 aliphatic heterocycles. The molecule has 1 aromatic carbocycles. The van der Waals surface area contributed by atoms with E-state index in [1.54, 1.807) is 18.2 Å². The highest BCUT2D eigenvalue weighted by Gasteiger charge is 2.18. The van der Waals surface area contributed by atoms with E-state index in [1.807, 2.05) is 6.92 Å². The number of para-hydroxylation sites is 1. The number of nitro benzene ring substituents is 1. The van der Waals surface area contributed by atoms with Gasteiger partial charge in [0.25, 0.3) is 5.69 Å². The first-order chi connectivity index (χ1) is 9.10. The van der Waals surface area contributed by atoms with Gasteiger partial charge in [0, 0.05) is 24.7 Å². The molecule has 0 spiro atoms. The first kappa shape index (κ1) is 15.1. The lowest BCUT2D eigenvalue weighted by molar-refractivity contribution is -0.385. The molecule has 0 aromatic heterocycles. The third-order valence-electron chi connectivity index (χ3n) is 2.75. The fourth-order valence-corrected chi connectivity index (χ4v) is 1.86. The van der Waals surface area contributed by atoms with Gasteiger partial charge in [0.15, 0.2) is 0 Å². The lowest BCUT2D eigenvalue weighted by atomic mass is 10.1. The monoisotopic (exact) mass is 266 g/mol. The topological polar surface area (TPSA) is 83.7 Å². The molecule has 0 unspecified atom stereocenters. The van der Waals surface area contributed by atoms with E-state index in [-0.39, 0.29) is 31.2 Å². The molecule has 0 bridgehead atoms. The van der Waals surface area contributed by atoms with Crippen LogP contribution in [-0.4, -0.2) is 40.5 Å². The van der Waals surface area contributed by atoms with Crippen LogP contribution in [0.3, 0.4) is 0 Å². The van der Waals surface area contributed by atoms with Crippen molar-refractivity contribution >= 4 is 11.6 Å². The number of nitrogens with zero attached hydrogens (tertiary/aromatic N) is 2. The van der Waals surface area contributed by atoms with Gasteiger partial charge in [-0.3, -0.25) is 14.9 Å². The van der Waals surface area contributed by atoms with Gasteiger partial charge in [-0.2, -0.15) is 0 Å². The minimum atomic E-state index is -0.487. The summed E-state index contributed by atoms with van der Waals surface area (Å²) in [6, 6.07) is 6.22. The number of hydrogen-bond donors (Lipinski definition) is 1. The van der Waals surface area contributed by atoms with Gasteiger partial charge in [-0.1, -0.05) is 25.1 Å². The van der Waals surface area contributed by atoms with Gasteiger partial charge in [0.1, 0.15) is 0 Å². The van der Waals surface area contributed by atoms with Crippen molar-refractivity contribution in [3.63, 3.8) is 0 Å². The van der Waals surface area contributed by atoms with Gasteiger partial charge >= 0.3 is 0 Å². The lowest BCUT2D eigenvalue weighted by Gasteiger charge is -2.20. The van der Waals surface area contributed by atoms with Crippen LogP contribution in [0, 0.1) is 10.1 Å². The first-order valence-electron chi connectivity index (χ1n) is 6.21. The number of benzene rings is 1. The number of carbonyl (C=O) groups is 1. The molecular weight excluding hydrogens is 248 g/mol. The summed E-state index contributed by atoms with van der Waals surface area (Å²) in [5.41, 5.74) is 0.354. The number of carbonyl (C=O) groups excluding carboxylic acids is 1. The molecule has 1 aromatic rings. The molecule has 1 amide bonds. The van der Waals surface area contributed by atoms with E-state index in [1.165, 1.54) is 11.0 Å². The third kappa shape index (κ3) is 4.33. The summed E-state index contributed by atoms with van der Waals surface area (Å²) in [6.45, 7) is 2.62. The average Bonchev–Trinajstić information content (AvgIpc) is 2.38. The number of rotatable bonds is 7. The smallest absolute Gasteiger partial charge is 0.273 e. The Labute approximate surface area is 111 Å². The maximum absolute atomic E-state index is 12.1. The van der Waals surface area contributed by atoms with Crippen LogP contribution in [0.4, 0.5) is 5.69 Å². The van der Waals surface area contributed by atoms with Gasteiger partial charge in [-0.25, -0.2) is 0 Å². The Balaban J connectivity index is 2.83. The molecule has 0 saturated carbocycles. The van der Waals surface area contributed by atoms with Gasteiger partial charge in [-0.15, -0.1) is 0 Å². The Morgan fingerprint density at radius 1 is 1.37 bits per heavy atom. The molecule has 0 radical (unpaired) electrons. The normalized spacial score (nSPS) is 10.2. The van der Waals surface area contributed by atoms with E-state index in [9.17, 15) is 14.9 Å². The summed E-state index contributed by atoms with van der Waals surface area (Å²) in [5, 5.41) is 19.8. The van der Waals surface area contributed by atoms with Gasteiger partial charge < -0.3 is 10.0 Å². The molecule has 6 heteroatoms. The zero-order chi connectivity index (χ0) is 14.3. The Kier molecular flexibility index (Phi) is 5.95. The van der Waals surface area contributed by atoms with Crippen LogP contribution in [0.15, 0.2) is 24.3 Å². The summed E-state index contributed by atoms with van der Waals surface area (Å²) in [5.74, 6) is -0.204. The van der Waals surface area contributed by atoms with Crippen molar-refractivity contribution in [1.29, 1.82) is 0 Å². The molecule has 0 aliphatic rings. The van der Waals surface area contributed by atoms with Crippen molar-refractivity contribution in [2.24, 2.45) is 0 Å². The molecule has 0 aliphatic carbocycles. The minimum absolute atomic E-state index is 0.0167. The zero-order valence-electron chi connectivity index (χ0n) is 10.9. The lowest BCUT2D eigenvalue weighted by Crippen LogP contribution is -2.35. The van der Waals surface area contributed by atoms with Crippen molar-refractivity contribution in [2.75, 3.05) is 19.7 Å². The summed E-state index contributed by atoms with van der Waals surface area (Å²) in [4.78, 5) is 24.0. The van der Waals surface area contributed by atoms with Crippen molar-refractivity contribution in [3.8, 4) is 0 Å². The predicted octanol–water partition coefficient (Wildman–Crippen LogP) is 1.37. The summed E-state index contributed by atoms with van der Waals surface area (Å²) in [7, 11) is 0. The standard InChI is InChI=1S/C13H18N2O4/c1-2-7-14(8-9-16)13(17)10-11-5-3-4-6-12(11)15(18)19/h3-6,16H,2,7-10H2,1H3. The molecule has 104 valence electrons. The SMILES string of the molecule is CCCN(CCO)C(=O)Cc1ccccc1[N+](=O)[O-]. The zero-order valence-corrected chi connectivity index (χ0v) is 10.9. The highest BCUT2D eigenvalue weighted by Crippen LogP contribution is 2.18. The number of aliphatic hydroxyl groups excluding tert-OH is 1. The molecule has 0 fully saturated rings. The van der Waals surface area contributed by atoms with E-state index < -0.39 is 4.92 Å². The third-order valence-corrected chi connectivity index (χ3v) is 2.75. The number of amides is 1. The highest BCUT2D eigenvalue weighted by atomic mass is 16.6. The Morgan fingerprint density at radius 3 is 2.63 bits per heavy atom. The van der Waals surface area contributed by atoms with Crippen LogP contribution >= 0.6 is 0 Å². The quantitative estimate of drug-likeness (QED) is 0.596. The fraction of sp³-hybridized carbons (Fsp3) is 0.462. The van der Waals surface area contributed by atoms with Gasteiger partial charge in [0.05, 0.1) is 18.0 Å². The van der Waals surface area contributed by atoms with Crippen molar-refractivity contribution in [3.05, 3.63) is 39.9 Å². The van der Waals surface area contributed by atoms with E-state index in [0.29, 0.717) is 12.1 Å². The van der Waals surface area contributed by atoms with E-state index in [4.69, 9.17) is 5.11 Å². The summed E-state index contributed by atoms with van der Waals surface area (Å²) < 4.78 is 0. The Hall–Kier alpha value is -1.95. The molecule has 0 atom stereocenters. The van der Waals surface area contributed by atoms with Crippen LogP contribution in [0.2, 0.25) is 0 Å². The second-order valence-corrected chi connectivity index (χ2v) is 4.17. The summed E-state index contributed by atoms with van der Waals surface area (Å²) >= 11 is 0. The molecule has 6 nitrogen and oxygen atoms in total. The number of nitro groups is 1. The van der Waals surface area contributed by atoms with Crippen LogP contribution in [0.1, 0.15) is 18.9 Å². The largest absolute Gasteiger partial charge is 0.395 e. The Morgan fingerprint density at radius 2 is 2.05 bits per heavy atom. The van der Waals surface area contributed by atoms with Crippen molar-refractivity contribution in [2.45, 2.75) is 19.8 Å². The Bertz CT molecular complexity index is 442. The van der Waals surface area contributed by atoms with Crippen LogP contribution < -0.4 is 0 Å². The highest BCUT2D eigenvalue weighted by molar-refractivity contribution is 5.80. The van der Waals surface area contributed by atoms with Crippen LogP contribution in [0.5, 0.6) is 0 Å². The molecule has 1 rings (SSSR count). The molecule has 19 heavy (non-hydrogen) atoms. The average molecular weight is 266 g/mol. The van der Waals surface area contributed by atoms with E-state index in [0.717, 1.165) is 6.42 Å². The second-order valence-electron chi connectivity index (χ2n) is 4.17. The fourth-order valence-electron chi connectivity index (χ4n) is 1.86. The van der Waals surface area contributed by atoms with Crippen LogP contribution in [-0.2, 0) is 11.2 Å². The second kappa shape index (κ2) is 7.48. The van der Waals surface area contributed by atoms with Gasteiger partial charge in [-0.05, 0) is 6.42 Å².